The zero-order valence-electron chi connectivity index (χ0n) is 12.6. The van der Waals surface area contributed by atoms with E-state index in [9.17, 15) is 4.79 Å². The van der Waals surface area contributed by atoms with E-state index in [0.29, 0.717) is 10.8 Å². The summed E-state index contributed by atoms with van der Waals surface area (Å²) in [6, 6.07) is 19.6. The molecule has 0 aliphatic rings. The Morgan fingerprint density at radius 1 is 0.958 bits per heavy atom. The van der Waals surface area contributed by atoms with Crippen LogP contribution in [0.4, 0.5) is 5.13 Å². The Morgan fingerprint density at radius 3 is 2.67 bits per heavy atom. The van der Waals surface area contributed by atoms with Crippen molar-refractivity contribution in [3.05, 3.63) is 77.9 Å². The van der Waals surface area contributed by atoms with Crippen LogP contribution >= 0.6 is 11.3 Å². The first-order valence-corrected chi connectivity index (χ1v) is 8.35. The molecule has 4 aromatic rings. The Hall–Kier alpha value is -3.05. The fourth-order valence-corrected chi connectivity index (χ4v) is 3.27. The van der Waals surface area contributed by atoms with Crippen molar-refractivity contribution >= 4 is 33.1 Å². The van der Waals surface area contributed by atoms with E-state index in [2.05, 4.69) is 33.5 Å². The van der Waals surface area contributed by atoms with Crippen molar-refractivity contribution < 1.29 is 4.79 Å². The van der Waals surface area contributed by atoms with Gasteiger partial charge in [0.1, 0.15) is 5.69 Å². The van der Waals surface area contributed by atoms with Crippen LogP contribution in [-0.2, 0) is 0 Å². The molecule has 2 heterocycles. The van der Waals surface area contributed by atoms with Gasteiger partial charge in [-0.25, -0.2) is 4.98 Å². The Bertz CT molecular complexity index is 1010. The van der Waals surface area contributed by atoms with Crippen LogP contribution in [0.2, 0.25) is 0 Å². The fraction of sp³-hybridized carbons (Fsp3) is 0. The quantitative estimate of drug-likeness (QED) is 0.596. The molecule has 4 rings (SSSR count). The molecule has 0 radical (unpaired) electrons. The number of fused-ring (bicyclic) bond motifs is 1. The summed E-state index contributed by atoms with van der Waals surface area (Å²) in [5.41, 5.74) is 2.29. The molecule has 5 heteroatoms. The van der Waals surface area contributed by atoms with Crippen LogP contribution in [0.3, 0.4) is 0 Å². The lowest BCUT2D eigenvalue weighted by molar-refractivity contribution is 0.102. The van der Waals surface area contributed by atoms with Gasteiger partial charge in [-0.05, 0) is 22.9 Å². The number of hydrogen-bond donors (Lipinski definition) is 1. The number of anilines is 1. The standard InChI is InChI=1S/C19H13N3OS/c23-18(16-10-3-4-11-20-16)22-19-21-17(12-24-19)15-9-5-7-13-6-1-2-8-14(13)15/h1-12H,(H,21,22,23). The number of amides is 1. The summed E-state index contributed by atoms with van der Waals surface area (Å²) in [4.78, 5) is 20.8. The van der Waals surface area contributed by atoms with E-state index in [4.69, 9.17) is 0 Å². The van der Waals surface area contributed by atoms with Crippen molar-refractivity contribution in [3.63, 3.8) is 0 Å². The predicted molar refractivity (Wildman–Crippen MR) is 97.2 cm³/mol. The molecular formula is C19H13N3OS. The second-order valence-corrected chi connectivity index (χ2v) is 6.09. The van der Waals surface area contributed by atoms with E-state index < -0.39 is 0 Å². The van der Waals surface area contributed by atoms with Crippen LogP contribution in [0.25, 0.3) is 22.0 Å². The molecule has 1 amide bonds. The first-order valence-electron chi connectivity index (χ1n) is 7.47. The van der Waals surface area contributed by atoms with E-state index >= 15 is 0 Å². The lowest BCUT2D eigenvalue weighted by Crippen LogP contribution is -2.13. The molecule has 2 aromatic carbocycles. The molecular weight excluding hydrogens is 318 g/mol. The minimum atomic E-state index is -0.255. The maximum atomic E-state index is 12.2. The summed E-state index contributed by atoms with van der Waals surface area (Å²) in [6.45, 7) is 0. The van der Waals surface area contributed by atoms with Gasteiger partial charge in [0.2, 0.25) is 0 Å². The zero-order valence-corrected chi connectivity index (χ0v) is 13.5. The largest absolute Gasteiger partial charge is 0.296 e. The highest BCUT2D eigenvalue weighted by atomic mass is 32.1. The second-order valence-electron chi connectivity index (χ2n) is 5.23. The van der Waals surface area contributed by atoms with Gasteiger partial charge in [0, 0.05) is 17.1 Å². The van der Waals surface area contributed by atoms with Gasteiger partial charge in [0.05, 0.1) is 5.69 Å². The molecule has 0 unspecified atom stereocenters. The molecule has 0 atom stereocenters. The SMILES string of the molecule is O=C(Nc1nc(-c2cccc3ccccc23)cs1)c1ccccn1. The molecule has 4 nitrogen and oxygen atoms in total. The zero-order chi connectivity index (χ0) is 16.4. The number of rotatable bonds is 3. The minimum Gasteiger partial charge on any atom is -0.296 e. The molecule has 0 fully saturated rings. The predicted octanol–water partition coefficient (Wildman–Crippen LogP) is 4.61. The maximum absolute atomic E-state index is 12.2. The van der Waals surface area contributed by atoms with Gasteiger partial charge in [-0.1, -0.05) is 48.5 Å². The summed E-state index contributed by atoms with van der Waals surface area (Å²) >= 11 is 1.41. The van der Waals surface area contributed by atoms with Gasteiger partial charge in [-0.2, -0.15) is 0 Å². The molecule has 0 aliphatic heterocycles. The number of hydrogen-bond acceptors (Lipinski definition) is 4. The number of carbonyl (C=O) groups excluding carboxylic acids is 1. The van der Waals surface area contributed by atoms with Gasteiger partial charge in [0.15, 0.2) is 5.13 Å². The molecule has 0 saturated carbocycles. The van der Waals surface area contributed by atoms with E-state index in [1.165, 1.54) is 16.7 Å². The molecule has 0 spiro atoms. The molecule has 0 saturated heterocycles. The average Bonchev–Trinajstić information content (AvgIpc) is 3.10. The summed E-state index contributed by atoms with van der Waals surface area (Å²) < 4.78 is 0. The van der Waals surface area contributed by atoms with Crippen LogP contribution in [0.5, 0.6) is 0 Å². The van der Waals surface area contributed by atoms with Crippen LogP contribution in [0.1, 0.15) is 10.5 Å². The number of carbonyl (C=O) groups is 1. The summed E-state index contributed by atoms with van der Waals surface area (Å²) in [6.07, 6.45) is 1.60. The number of benzene rings is 2. The Balaban J connectivity index is 1.64. The number of thiazole rings is 1. The van der Waals surface area contributed by atoms with Gasteiger partial charge < -0.3 is 0 Å². The van der Waals surface area contributed by atoms with Crippen molar-refractivity contribution in [2.45, 2.75) is 0 Å². The number of nitrogens with one attached hydrogen (secondary N) is 1. The van der Waals surface area contributed by atoms with Crippen molar-refractivity contribution in [1.82, 2.24) is 9.97 Å². The first-order chi connectivity index (χ1) is 11.8. The lowest BCUT2D eigenvalue weighted by Gasteiger charge is -2.03. The van der Waals surface area contributed by atoms with Crippen LogP contribution in [0, 0.1) is 0 Å². The van der Waals surface area contributed by atoms with Crippen LogP contribution in [0.15, 0.2) is 72.2 Å². The number of aromatic nitrogens is 2. The second kappa shape index (κ2) is 6.22. The molecule has 0 bridgehead atoms. The van der Waals surface area contributed by atoms with Gasteiger partial charge in [-0.3, -0.25) is 15.1 Å². The molecule has 24 heavy (non-hydrogen) atoms. The van der Waals surface area contributed by atoms with Gasteiger partial charge in [-0.15, -0.1) is 11.3 Å². The minimum absolute atomic E-state index is 0.255. The van der Waals surface area contributed by atoms with Crippen molar-refractivity contribution in [1.29, 1.82) is 0 Å². The van der Waals surface area contributed by atoms with Crippen molar-refractivity contribution in [2.75, 3.05) is 5.32 Å². The highest BCUT2D eigenvalue weighted by Gasteiger charge is 2.12. The summed E-state index contributed by atoms with van der Waals surface area (Å²) in [7, 11) is 0. The van der Waals surface area contributed by atoms with Crippen molar-refractivity contribution in [3.8, 4) is 11.3 Å². The van der Waals surface area contributed by atoms with E-state index in [1.54, 1.807) is 24.4 Å². The third-order valence-corrected chi connectivity index (χ3v) is 4.45. The molecule has 2 aromatic heterocycles. The monoisotopic (exact) mass is 331 g/mol. The topological polar surface area (TPSA) is 54.9 Å². The van der Waals surface area contributed by atoms with E-state index in [-0.39, 0.29) is 5.91 Å². The Labute approximate surface area is 142 Å². The Morgan fingerprint density at radius 2 is 1.79 bits per heavy atom. The summed E-state index contributed by atoms with van der Waals surface area (Å²) in [5, 5.41) is 7.63. The number of pyridine rings is 1. The Kier molecular flexibility index (Phi) is 3.76. The first kappa shape index (κ1) is 14.5. The van der Waals surface area contributed by atoms with Crippen LogP contribution < -0.4 is 5.32 Å². The smallest absolute Gasteiger partial charge is 0.276 e. The highest BCUT2D eigenvalue weighted by molar-refractivity contribution is 7.14. The molecule has 116 valence electrons. The third kappa shape index (κ3) is 2.77. The van der Waals surface area contributed by atoms with Gasteiger partial charge in [0.25, 0.3) is 5.91 Å². The van der Waals surface area contributed by atoms with Crippen molar-refractivity contribution in [2.24, 2.45) is 0 Å². The molecule has 0 aliphatic carbocycles. The average molecular weight is 331 g/mol. The molecule has 1 N–H and O–H groups in total. The third-order valence-electron chi connectivity index (χ3n) is 3.69. The summed E-state index contributed by atoms with van der Waals surface area (Å²) in [5.74, 6) is -0.255. The van der Waals surface area contributed by atoms with Gasteiger partial charge >= 0.3 is 0 Å². The highest BCUT2D eigenvalue weighted by Crippen LogP contribution is 2.31. The normalized spacial score (nSPS) is 10.7. The van der Waals surface area contributed by atoms with E-state index in [0.717, 1.165) is 16.6 Å². The number of nitrogens with zero attached hydrogens (tertiary/aromatic N) is 2. The fourth-order valence-electron chi connectivity index (χ4n) is 2.56. The lowest BCUT2D eigenvalue weighted by atomic mass is 10.0. The van der Waals surface area contributed by atoms with Crippen LogP contribution in [-0.4, -0.2) is 15.9 Å². The van der Waals surface area contributed by atoms with E-state index in [1.807, 2.05) is 29.6 Å². The maximum Gasteiger partial charge on any atom is 0.276 e.